The van der Waals surface area contributed by atoms with Crippen molar-refractivity contribution >= 4 is 21.7 Å². The molecule has 0 saturated carbocycles. The van der Waals surface area contributed by atoms with E-state index in [0.717, 1.165) is 10.0 Å². The number of nitrogens with zero attached hydrogens (tertiary/aromatic N) is 2. The molecule has 90 valence electrons. The van der Waals surface area contributed by atoms with Crippen LogP contribution in [0.5, 0.6) is 0 Å². The lowest BCUT2D eigenvalue weighted by atomic mass is 10.2. The number of anilines is 1. The van der Waals surface area contributed by atoms with E-state index in [-0.39, 0.29) is 5.82 Å². The van der Waals surface area contributed by atoms with Gasteiger partial charge in [-0.25, -0.2) is 9.37 Å². The van der Waals surface area contributed by atoms with Crippen molar-refractivity contribution in [3.63, 3.8) is 0 Å². The van der Waals surface area contributed by atoms with Gasteiger partial charge < -0.3 is 5.32 Å². The van der Waals surface area contributed by atoms with Crippen LogP contribution in [0.15, 0.2) is 41.0 Å². The summed E-state index contributed by atoms with van der Waals surface area (Å²) >= 11 is 3.26. The van der Waals surface area contributed by atoms with Gasteiger partial charge in [0.25, 0.3) is 0 Å². The Bertz CT molecular complexity index is 590. The van der Waals surface area contributed by atoms with Crippen molar-refractivity contribution in [2.45, 2.75) is 6.54 Å². The van der Waals surface area contributed by atoms with Gasteiger partial charge >= 0.3 is 0 Å². The van der Waals surface area contributed by atoms with Crippen molar-refractivity contribution in [3.05, 3.63) is 57.9 Å². The van der Waals surface area contributed by atoms with E-state index in [0.29, 0.717) is 17.9 Å². The zero-order valence-electron chi connectivity index (χ0n) is 9.32. The van der Waals surface area contributed by atoms with Gasteiger partial charge in [0.15, 0.2) is 0 Å². The number of hydrogen-bond acceptors (Lipinski definition) is 3. The maximum absolute atomic E-state index is 12.7. The molecule has 0 aliphatic rings. The second-order valence-electron chi connectivity index (χ2n) is 3.64. The average molecular weight is 306 g/mol. The minimum atomic E-state index is -0.266. The van der Waals surface area contributed by atoms with Crippen LogP contribution in [-0.4, -0.2) is 4.98 Å². The number of hydrogen-bond donors (Lipinski definition) is 1. The van der Waals surface area contributed by atoms with Crippen molar-refractivity contribution in [1.82, 2.24) is 4.98 Å². The molecular formula is C13H9BrFN3. The molecule has 0 aliphatic heterocycles. The van der Waals surface area contributed by atoms with Crippen molar-refractivity contribution in [2.75, 3.05) is 5.32 Å². The molecule has 0 amide bonds. The van der Waals surface area contributed by atoms with Crippen molar-refractivity contribution < 1.29 is 4.39 Å². The number of aromatic nitrogens is 1. The molecule has 1 N–H and O–H groups in total. The Morgan fingerprint density at radius 1 is 1.33 bits per heavy atom. The molecule has 0 fully saturated rings. The lowest BCUT2D eigenvalue weighted by molar-refractivity contribution is 0.627. The molecule has 0 unspecified atom stereocenters. The van der Waals surface area contributed by atoms with Crippen LogP contribution in [0.25, 0.3) is 0 Å². The third-order valence-corrected chi connectivity index (χ3v) is 2.78. The van der Waals surface area contributed by atoms with E-state index in [2.05, 4.69) is 32.3 Å². The van der Waals surface area contributed by atoms with Crippen LogP contribution in [-0.2, 0) is 6.54 Å². The van der Waals surface area contributed by atoms with Gasteiger partial charge in [-0.05, 0) is 39.7 Å². The standard InChI is InChI=1S/C13H9BrFN3/c14-11-5-10(6-16)13(18-8-11)17-7-9-1-3-12(15)4-2-9/h1-5,8H,7H2,(H,17,18). The number of nitriles is 1. The van der Waals surface area contributed by atoms with Gasteiger partial charge in [0, 0.05) is 17.2 Å². The van der Waals surface area contributed by atoms with Gasteiger partial charge in [-0.2, -0.15) is 5.26 Å². The predicted octanol–water partition coefficient (Wildman–Crippen LogP) is 3.47. The highest BCUT2D eigenvalue weighted by Gasteiger charge is 2.04. The normalized spacial score (nSPS) is 9.83. The Hall–Kier alpha value is -1.93. The Morgan fingerprint density at radius 3 is 2.72 bits per heavy atom. The van der Waals surface area contributed by atoms with E-state index in [4.69, 9.17) is 5.26 Å². The minimum absolute atomic E-state index is 0.266. The lowest BCUT2D eigenvalue weighted by Gasteiger charge is -2.07. The summed E-state index contributed by atoms with van der Waals surface area (Å²) in [6, 6.07) is 9.94. The van der Waals surface area contributed by atoms with Gasteiger partial charge in [0.05, 0.1) is 5.56 Å². The first-order valence-electron chi connectivity index (χ1n) is 5.23. The second-order valence-corrected chi connectivity index (χ2v) is 4.56. The third-order valence-electron chi connectivity index (χ3n) is 2.35. The summed E-state index contributed by atoms with van der Waals surface area (Å²) in [4.78, 5) is 4.13. The maximum atomic E-state index is 12.7. The van der Waals surface area contributed by atoms with Gasteiger partial charge in [-0.3, -0.25) is 0 Å². The predicted molar refractivity (Wildman–Crippen MR) is 70.4 cm³/mol. The molecular weight excluding hydrogens is 297 g/mol. The Labute approximate surface area is 112 Å². The molecule has 0 radical (unpaired) electrons. The van der Waals surface area contributed by atoms with Crippen LogP contribution in [0, 0.1) is 17.1 Å². The monoisotopic (exact) mass is 305 g/mol. The topological polar surface area (TPSA) is 48.7 Å². The van der Waals surface area contributed by atoms with Crippen molar-refractivity contribution in [2.24, 2.45) is 0 Å². The van der Waals surface area contributed by atoms with Crippen LogP contribution in [0.2, 0.25) is 0 Å². The third kappa shape index (κ3) is 3.05. The number of nitrogens with one attached hydrogen (secondary N) is 1. The summed E-state index contributed by atoms with van der Waals surface area (Å²) in [5.74, 6) is 0.253. The fourth-order valence-corrected chi connectivity index (χ4v) is 1.78. The van der Waals surface area contributed by atoms with Gasteiger partial charge in [0.1, 0.15) is 17.7 Å². The second kappa shape index (κ2) is 5.61. The summed E-state index contributed by atoms with van der Waals surface area (Å²) < 4.78 is 13.5. The molecule has 1 heterocycles. The highest BCUT2D eigenvalue weighted by atomic mass is 79.9. The molecule has 3 nitrogen and oxygen atoms in total. The number of pyridine rings is 1. The summed E-state index contributed by atoms with van der Waals surface area (Å²) in [5, 5.41) is 12.0. The first-order valence-corrected chi connectivity index (χ1v) is 6.02. The summed E-state index contributed by atoms with van der Waals surface area (Å²) in [7, 11) is 0. The Balaban J connectivity index is 2.11. The lowest BCUT2D eigenvalue weighted by Crippen LogP contribution is -2.03. The molecule has 0 aliphatic carbocycles. The van der Waals surface area contributed by atoms with E-state index < -0.39 is 0 Å². The van der Waals surface area contributed by atoms with Crippen LogP contribution >= 0.6 is 15.9 Å². The van der Waals surface area contributed by atoms with Crippen LogP contribution in [0.3, 0.4) is 0 Å². The molecule has 2 rings (SSSR count). The van der Waals surface area contributed by atoms with E-state index in [1.165, 1.54) is 12.1 Å². The summed E-state index contributed by atoms with van der Waals surface area (Å²) in [5.41, 5.74) is 1.39. The van der Waals surface area contributed by atoms with E-state index >= 15 is 0 Å². The molecule has 18 heavy (non-hydrogen) atoms. The minimum Gasteiger partial charge on any atom is -0.365 e. The number of rotatable bonds is 3. The smallest absolute Gasteiger partial charge is 0.144 e. The van der Waals surface area contributed by atoms with Gasteiger partial charge in [-0.15, -0.1) is 0 Å². The molecule has 1 aromatic heterocycles. The van der Waals surface area contributed by atoms with Crippen molar-refractivity contribution in [1.29, 1.82) is 5.26 Å². The first-order chi connectivity index (χ1) is 8.69. The zero-order chi connectivity index (χ0) is 13.0. The van der Waals surface area contributed by atoms with Gasteiger partial charge in [0.2, 0.25) is 0 Å². The average Bonchev–Trinajstić information content (AvgIpc) is 2.39. The van der Waals surface area contributed by atoms with Crippen molar-refractivity contribution in [3.8, 4) is 6.07 Å². The molecule has 0 bridgehead atoms. The molecule has 5 heteroatoms. The van der Waals surface area contributed by atoms with Crippen LogP contribution in [0.4, 0.5) is 10.2 Å². The van der Waals surface area contributed by atoms with Crippen LogP contribution < -0.4 is 5.32 Å². The largest absolute Gasteiger partial charge is 0.365 e. The highest BCUT2D eigenvalue weighted by molar-refractivity contribution is 9.10. The first kappa shape index (κ1) is 12.5. The Morgan fingerprint density at radius 2 is 2.06 bits per heavy atom. The van der Waals surface area contributed by atoms with E-state index in [1.54, 1.807) is 24.4 Å². The highest BCUT2D eigenvalue weighted by Crippen LogP contribution is 2.17. The van der Waals surface area contributed by atoms with E-state index in [1.807, 2.05) is 0 Å². The molecule has 0 atom stereocenters. The van der Waals surface area contributed by atoms with Gasteiger partial charge in [-0.1, -0.05) is 12.1 Å². The zero-order valence-corrected chi connectivity index (χ0v) is 10.9. The molecule has 2 aromatic rings. The number of halogens is 2. The maximum Gasteiger partial charge on any atom is 0.144 e. The van der Waals surface area contributed by atoms with Crippen LogP contribution in [0.1, 0.15) is 11.1 Å². The summed E-state index contributed by atoms with van der Waals surface area (Å²) in [6.07, 6.45) is 1.62. The van der Waals surface area contributed by atoms with E-state index in [9.17, 15) is 4.39 Å². The molecule has 0 saturated heterocycles. The Kier molecular flexibility index (Phi) is 3.90. The fraction of sp³-hybridized carbons (Fsp3) is 0.0769. The summed E-state index contributed by atoms with van der Waals surface area (Å²) in [6.45, 7) is 0.490. The number of benzene rings is 1. The molecule has 1 aromatic carbocycles. The fourth-order valence-electron chi connectivity index (χ4n) is 1.45. The quantitative estimate of drug-likeness (QED) is 0.944. The molecule has 0 spiro atoms. The SMILES string of the molecule is N#Cc1cc(Br)cnc1NCc1ccc(F)cc1.